The molecule has 3 rings (SSSR count). The molecule has 0 bridgehead atoms. The molecule has 1 aliphatic rings. The fourth-order valence-electron chi connectivity index (χ4n) is 3.65. The van der Waals surface area contributed by atoms with Gasteiger partial charge in [0.2, 0.25) is 5.91 Å². The third kappa shape index (κ3) is 5.11. The van der Waals surface area contributed by atoms with Crippen molar-refractivity contribution in [1.29, 1.82) is 0 Å². The second-order valence-electron chi connectivity index (χ2n) is 7.64. The summed E-state index contributed by atoms with van der Waals surface area (Å²) in [5.74, 6) is -1.12. The summed E-state index contributed by atoms with van der Waals surface area (Å²) in [6.07, 6.45) is 1.27. The number of ether oxygens (including phenoxy) is 2. The number of carbonyl (C=O) groups is 3. The zero-order chi connectivity index (χ0) is 22.4. The van der Waals surface area contributed by atoms with Gasteiger partial charge in [0.25, 0.3) is 0 Å². The Kier molecular flexibility index (Phi) is 7.07. The van der Waals surface area contributed by atoms with Crippen LogP contribution >= 0.6 is 0 Å². The Balaban J connectivity index is 1.68. The highest BCUT2D eigenvalue weighted by Crippen LogP contribution is 2.43. The van der Waals surface area contributed by atoms with Crippen LogP contribution in [-0.2, 0) is 25.7 Å². The fourth-order valence-corrected chi connectivity index (χ4v) is 3.65. The molecule has 1 saturated carbocycles. The van der Waals surface area contributed by atoms with Crippen molar-refractivity contribution in [1.82, 2.24) is 4.90 Å². The fraction of sp³-hybridized carbons (Fsp3) is 0.375. The van der Waals surface area contributed by atoms with E-state index in [-0.39, 0.29) is 25.0 Å². The molecule has 0 spiro atoms. The SMILES string of the molecule is CCN(CC(=O)OCc1ccccc1)C1(C(=O)Nc2c(C)cccc2C(=O)OC)CC1. The minimum absolute atomic E-state index is 0.0222. The Hall–Kier alpha value is -3.19. The molecule has 1 aliphatic carbocycles. The molecular formula is C24H28N2O5. The number of methoxy groups -OCH3 is 1. The molecule has 0 aliphatic heterocycles. The number of carbonyl (C=O) groups excluding carboxylic acids is 3. The van der Waals surface area contributed by atoms with Crippen LogP contribution in [0.25, 0.3) is 0 Å². The summed E-state index contributed by atoms with van der Waals surface area (Å²) in [6, 6.07) is 14.6. The van der Waals surface area contributed by atoms with Crippen LogP contribution in [0.15, 0.2) is 48.5 Å². The molecule has 7 heteroatoms. The number of hydrogen-bond acceptors (Lipinski definition) is 6. The van der Waals surface area contributed by atoms with Crippen molar-refractivity contribution >= 4 is 23.5 Å². The number of hydrogen-bond donors (Lipinski definition) is 1. The monoisotopic (exact) mass is 424 g/mol. The lowest BCUT2D eigenvalue weighted by molar-refractivity contribution is -0.147. The number of aryl methyl sites for hydroxylation is 1. The van der Waals surface area contributed by atoms with Crippen LogP contribution < -0.4 is 5.32 Å². The van der Waals surface area contributed by atoms with Gasteiger partial charge in [0.1, 0.15) is 12.1 Å². The minimum Gasteiger partial charge on any atom is -0.465 e. The normalized spacial score (nSPS) is 14.1. The van der Waals surface area contributed by atoms with Gasteiger partial charge >= 0.3 is 11.9 Å². The maximum Gasteiger partial charge on any atom is 0.339 e. The first-order valence-corrected chi connectivity index (χ1v) is 10.3. The lowest BCUT2D eigenvalue weighted by Crippen LogP contribution is -2.49. The van der Waals surface area contributed by atoms with E-state index in [1.54, 1.807) is 12.1 Å². The Bertz CT molecular complexity index is 954. The van der Waals surface area contributed by atoms with E-state index in [2.05, 4.69) is 5.32 Å². The summed E-state index contributed by atoms with van der Waals surface area (Å²) < 4.78 is 10.2. The van der Waals surface area contributed by atoms with Crippen LogP contribution in [-0.4, -0.2) is 48.5 Å². The molecule has 0 unspecified atom stereocenters. The van der Waals surface area contributed by atoms with E-state index in [4.69, 9.17) is 9.47 Å². The second kappa shape index (κ2) is 9.75. The predicted molar refractivity (Wildman–Crippen MR) is 117 cm³/mol. The van der Waals surface area contributed by atoms with Crippen LogP contribution in [0.5, 0.6) is 0 Å². The molecule has 0 saturated heterocycles. The number of nitrogens with zero attached hydrogens (tertiary/aromatic N) is 1. The van der Waals surface area contributed by atoms with Gasteiger partial charge in [0, 0.05) is 0 Å². The molecule has 1 amide bonds. The van der Waals surface area contributed by atoms with Gasteiger partial charge in [-0.05, 0) is 43.5 Å². The predicted octanol–water partition coefficient (Wildman–Crippen LogP) is 3.32. The molecule has 0 atom stereocenters. The summed E-state index contributed by atoms with van der Waals surface area (Å²) in [7, 11) is 1.30. The number of para-hydroxylation sites is 1. The maximum absolute atomic E-state index is 13.2. The summed E-state index contributed by atoms with van der Waals surface area (Å²) >= 11 is 0. The summed E-state index contributed by atoms with van der Waals surface area (Å²) in [5, 5.41) is 2.91. The van der Waals surface area contributed by atoms with E-state index in [1.165, 1.54) is 7.11 Å². The van der Waals surface area contributed by atoms with Crippen LogP contribution in [0.4, 0.5) is 5.69 Å². The first-order valence-electron chi connectivity index (χ1n) is 10.3. The van der Waals surface area contributed by atoms with E-state index in [9.17, 15) is 14.4 Å². The van der Waals surface area contributed by atoms with Crippen molar-refractivity contribution in [2.45, 2.75) is 38.8 Å². The van der Waals surface area contributed by atoms with E-state index in [0.717, 1.165) is 11.1 Å². The number of likely N-dealkylation sites (N-methyl/N-ethyl adjacent to an activating group) is 1. The Morgan fingerprint density at radius 3 is 2.39 bits per heavy atom. The highest BCUT2D eigenvalue weighted by molar-refractivity contribution is 6.06. The van der Waals surface area contributed by atoms with Crippen molar-refractivity contribution in [3.63, 3.8) is 0 Å². The second-order valence-corrected chi connectivity index (χ2v) is 7.64. The number of esters is 2. The van der Waals surface area contributed by atoms with Crippen LogP contribution in [0.2, 0.25) is 0 Å². The highest BCUT2D eigenvalue weighted by Gasteiger charge is 2.54. The number of amides is 1. The van der Waals surface area contributed by atoms with E-state index in [0.29, 0.717) is 30.6 Å². The average Bonchev–Trinajstić information content (AvgIpc) is 3.59. The van der Waals surface area contributed by atoms with Crippen molar-refractivity contribution < 1.29 is 23.9 Å². The van der Waals surface area contributed by atoms with Gasteiger partial charge in [-0.1, -0.05) is 49.4 Å². The minimum atomic E-state index is -0.782. The number of benzene rings is 2. The Morgan fingerprint density at radius 1 is 1.06 bits per heavy atom. The average molecular weight is 424 g/mol. The molecule has 0 heterocycles. The van der Waals surface area contributed by atoms with E-state index in [1.807, 2.05) is 55.1 Å². The largest absolute Gasteiger partial charge is 0.465 e. The van der Waals surface area contributed by atoms with Gasteiger partial charge in [-0.3, -0.25) is 14.5 Å². The third-order valence-corrected chi connectivity index (χ3v) is 5.61. The van der Waals surface area contributed by atoms with Crippen LogP contribution in [0.1, 0.15) is 41.3 Å². The van der Waals surface area contributed by atoms with Gasteiger partial charge in [0.15, 0.2) is 0 Å². The summed E-state index contributed by atoms with van der Waals surface area (Å²) in [6.45, 7) is 4.47. The quantitative estimate of drug-likeness (QED) is 0.622. The molecular weight excluding hydrogens is 396 g/mol. The third-order valence-electron chi connectivity index (χ3n) is 5.61. The lowest BCUT2D eigenvalue weighted by atomic mass is 10.1. The van der Waals surface area contributed by atoms with Crippen molar-refractivity contribution in [2.24, 2.45) is 0 Å². The molecule has 1 N–H and O–H groups in total. The van der Waals surface area contributed by atoms with Gasteiger partial charge in [-0.25, -0.2) is 4.79 Å². The van der Waals surface area contributed by atoms with Crippen LogP contribution in [0.3, 0.4) is 0 Å². The zero-order valence-electron chi connectivity index (χ0n) is 18.1. The van der Waals surface area contributed by atoms with Gasteiger partial charge < -0.3 is 14.8 Å². The molecule has 2 aromatic carbocycles. The molecule has 7 nitrogen and oxygen atoms in total. The van der Waals surface area contributed by atoms with Crippen molar-refractivity contribution in [2.75, 3.05) is 25.5 Å². The molecule has 31 heavy (non-hydrogen) atoms. The summed E-state index contributed by atoms with van der Waals surface area (Å²) in [5.41, 5.74) is 1.63. The van der Waals surface area contributed by atoms with E-state index >= 15 is 0 Å². The molecule has 164 valence electrons. The smallest absolute Gasteiger partial charge is 0.339 e. The van der Waals surface area contributed by atoms with Crippen molar-refractivity contribution in [3.05, 3.63) is 65.2 Å². The van der Waals surface area contributed by atoms with Gasteiger partial charge in [-0.15, -0.1) is 0 Å². The van der Waals surface area contributed by atoms with Crippen LogP contribution in [0, 0.1) is 6.92 Å². The number of anilines is 1. The first-order chi connectivity index (χ1) is 14.9. The standard InChI is InChI=1S/C24H28N2O5/c1-4-26(15-20(27)31-16-18-10-6-5-7-11-18)24(13-14-24)23(29)25-21-17(2)9-8-12-19(21)22(28)30-3/h5-12H,4,13-16H2,1-3H3,(H,25,29). The molecule has 0 aromatic heterocycles. The zero-order valence-corrected chi connectivity index (χ0v) is 18.1. The maximum atomic E-state index is 13.2. The Morgan fingerprint density at radius 2 is 1.77 bits per heavy atom. The topological polar surface area (TPSA) is 84.9 Å². The number of nitrogens with one attached hydrogen (secondary N) is 1. The Labute approximate surface area is 182 Å². The van der Waals surface area contributed by atoms with Gasteiger partial charge in [0.05, 0.1) is 24.9 Å². The molecule has 2 aromatic rings. The highest BCUT2D eigenvalue weighted by atomic mass is 16.5. The first kappa shape index (κ1) is 22.5. The molecule has 1 fully saturated rings. The van der Waals surface area contributed by atoms with E-state index < -0.39 is 11.5 Å². The molecule has 0 radical (unpaired) electrons. The lowest BCUT2D eigenvalue weighted by Gasteiger charge is -2.29. The van der Waals surface area contributed by atoms with Gasteiger partial charge in [-0.2, -0.15) is 0 Å². The van der Waals surface area contributed by atoms with Crippen molar-refractivity contribution in [3.8, 4) is 0 Å². The number of rotatable bonds is 9. The summed E-state index contributed by atoms with van der Waals surface area (Å²) in [4.78, 5) is 39.6.